The summed E-state index contributed by atoms with van der Waals surface area (Å²) < 4.78 is 22.4. The van der Waals surface area contributed by atoms with Crippen molar-refractivity contribution in [2.75, 3.05) is 79.2 Å². The number of piperazine rings is 1. The van der Waals surface area contributed by atoms with Crippen LogP contribution in [0.3, 0.4) is 0 Å². The van der Waals surface area contributed by atoms with Gasteiger partial charge < -0.3 is 38.4 Å². The zero-order chi connectivity index (χ0) is 32.7. The highest BCUT2D eigenvalue weighted by Crippen LogP contribution is 2.54. The van der Waals surface area contributed by atoms with Crippen molar-refractivity contribution in [1.29, 1.82) is 0 Å². The molecule has 2 aliphatic rings. The molecule has 0 N–H and O–H groups in total. The van der Waals surface area contributed by atoms with Gasteiger partial charge in [-0.1, -0.05) is 23.7 Å². The number of aldehydes is 1. The quantitative estimate of drug-likeness (QED) is 0.126. The number of unbranched alkanes of at least 4 members (excludes halogenated alkanes) is 1. The Morgan fingerprint density at radius 2 is 1.50 bits per heavy atom. The third-order valence-corrected chi connectivity index (χ3v) is 10.9. The summed E-state index contributed by atoms with van der Waals surface area (Å²) >= 11 is 8.20. The molecule has 0 spiro atoms. The van der Waals surface area contributed by atoms with E-state index in [4.69, 9.17) is 30.5 Å². The molecular weight excluding hydrogens is 693 g/mol. The van der Waals surface area contributed by atoms with Crippen LogP contribution < -0.4 is 23.8 Å². The van der Waals surface area contributed by atoms with Crippen LogP contribution in [-0.4, -0.2) is 96.4 Å². The molecule has 2 atom stereocenters. The number of fused-ring (bicyclic) bond motifs is 1. The van der Waals surface area contributed by atoms with E-state index in [1.54, 1.807) is 33.1 Å². The number of anilines is 1. The van der Waals surface area contributed by atoms with Gasteiger partial charge in [-0.05, 0) is 74.7 Å². The van der Waals surface area contributed by atoms with E-state index < -0.39 is 4.75 Å². The topological polar surface area (TPSA) is 63.7 Å². The van der Waals surface area contributed by atoms with Gasteiger partial charge in [0.25, 0.3) is 0 Å². The van der Waals surface area contributed by atoms with Crippen molar-refractivity contribution in [3.63, 3.8) is 0 Å². The molecule has 2 aliphatic heterocycles. The van der Waals surface area contributed by atoms with Crippen molar-refractivity contribution in [3.05, 3.63) is 70.7 Å². The van der Waals surface area contributed by atoms with Crippen LogP contribution in [0.1, 0.15) is 30.9 Å². The van der Waals surface area contributed by atoms with Crippen molar-refractivity contribution in [1.82, 2.24) is 9.80 Å². The van der Waals surface area contributed by atoms with Crippen LogP contribution in [0.5, 0.6) is 23.0 Å². The first-order valence-electron chi connectivity index (χ1n) is 15.9. The fourth-order valence-corrected chi connectivity index (χ4v) is 8.21. The Morgan fingerprint density at radius 3 is 2.17 bits per heavy atom. The maximum atomic E-state index is 12.5. The molecule has 3 aromatic rings. The third-order valence-electron chi connectivity index (χ3n) is 9.23. The molecule has 0 aromatic heterocycles. The Balaban J connectivity index is 0.00000312. The number of carbonyl (C=O) groups excluding carboxylic acids is 1. The van der Waals surface area contributed by atoms with Crippen molar-refractivity contribution in [2.24, 2.45) is 0 Å². The zero-order valence-corrected chi connectivity index (χ0v) is 31.6. The number of hydrogen-bond donors (Lipinski definition) is 0. The number of benzene rings is 3. The summed E-state index contributed by atoms with van der Waals surface area (Å²) in [5.74, 6) is 3.03. The third kappa shape index (κ3) is 8.97. The maximum absolute atomic E-state index is 12.5. The van der Waals surface area contributed by atoms with Gasteiger partial charge >= 0.3 is 0 Å². The predicted molar refractivity (Wildman–Crippen MR) is 201 cm³/mol. The molecular formula is C36H48Cl3N3O5S. The normalized spacial score (nSPS) is 19.4. The van der Waals surface area contributed by atoms with E-state index in [1.165, 1.54) is 0 Å². The highest BCUT2D eigenvalue weighted by molar-refractivity contribution is 8.00. The molecule has 0 saturated carbocycles. The van der Waals surface area contributed by atoms with E-state index in [-0.39, 0.29) is 30.9 Å². The van der Waals surface area contributed by atoms with Crippen LogP contribution in [-0.2, 0) is 16.0 Å². The van der Waals surface area contributed by atoms with E-state index in [1.807, 2.05) is 49.5 Å². The number of likely N-dealkylation sites (N-methyl/N-ethyl adjacent to an activating group) is 1. The lowest BCUT2D eigenvalue weighted by Crippen LogP contribution is -2.49. The number of para-hydroxylation sites is 1. The largest absolute Gasteiger partial charge is 0.496 e. The van der Waals surface area contributed by atoms with E-state index in [0.717, 1.165) is 104 Å². The van der Waals surface area contributed by atoms with Gasteiger partial charge in [-0.25, -0.2) is 0 Å². The van der Waals surface area contributed by atoms with E-state index in [0.29, 0.717) is 17.4 Å². The predicted octanol–water partition coefficient (Wildman–Crippen LogP) is 7.25. The Hall–Kier alpha value is -2.53. The highest BCUT2D eigenvalue weighted by Gasteiger charge is 2.46. The minimum absolute atomic E-state index is 0. The van der Waals surface area contributed by atoms with Gasteiger partial charge in [0, 0.05) is 61.3 Å². The molecule has 0 aliphatic carbocycles. The SMILES string of the molecule is COc1cc(OC)c(OC)cc1CCN1CCN(CCCCOc2ccc(Cl)cc2C2(C)Sc3ccccc3N(C)C2C=O)CC1.Cl.Cl. The molecule has 2 heterocycles. The monoisotopic (exact) mass is 739 g/mol. The van der Waals surface area contributed by atoms with Gasteiger partial charge in [0.1, 0.15) is 23.8 Å². The van der Waals surface area contributed by atoms with Gasteiger partial charge in [0.2, 0.25) is 0 Å². The smallest absolute Gasteiger partial charge is 0.164 e. The lowest BCUT2D eigenvalue weighted by molar-refractivity contribution is -0.109. The first kappa shape index (κ1) is 39.9. The number of ether oxygens (including phenoxy) is 4. The first-order chi connectivity index (χ1) is 22.3. The van der Waals surface area contributed by atoms with Crippen molar-refractivity contribution >= 4 is 60.2 Å². The maximum Gasteiger partial charge on any atom is 0.164 e. The Kier molecular flexibility index (Phi) is 15.3. The molecule has 3 aromatic carbocycles. The molecule has 1 fully saturated rings. The fourth-order valence-electron chi connectivity index (χ4n) is 6.52. The first-order valence-corrected chi connectivity index (χ1v) is 17.1. The van der Waals surface area contributed by atoms with Crippen molar-refractivity contribution in [2.45, 2.75) is 41.9 Å². The molecule has 5 rings (SSSR count). The van der Waals surface area contributed by atoms with E-state index >= 15 is 0 Å². The van der Waals surface area contributed by atoms with Gasteiger partial charge in [-0.15, -0.1) is 36.6 Å². The number of thioether (sulfide) groups is 1. The standard InChI is InChI=1S/C36H46ClN3O5S.2ClH/c1-36(35(25-41)38(2)29-10-6-7-11-34(29)46-36)28-23-27(37)12-13-30(28)45-21-9-8-15-39-17-19-40(20-18-39)16-14-26-22-32(43-4)33(44-5)24-31(26)42-3;;/h6-7,10-13,22-25,35H,8-9,14-21H2,1-5H3;2*1H. The van der Waals surface area contributed by atoms with Crippen LogP contribution in [0.25, 0.3) is 0 Å². The van der Waals surface area contributed by atoms with Crippen molar-refractivity contribution in [3.8, 4) is 23.0 Å². The van der Waals surface area contributed by atoms with Crippen LogP contribution in [0.4, 0.5) is 5.69 Å². The summed E-state index contributed by atoms with van der Waals surface area (Å²) in [5.41, 5.74) is 3.14. The molecule has 264 valence electrons. The minimum Gasteiger partial charge on any atom is -0.496 e. The van der Waals surface area contributed by atoms with E-state index in [9.17, 15) is 4.79 Å². The number of hydrogen-bond acceptors (Lipinski definition) is 9. The van der Waals surface area contributed by atoms with Crippen LogP contribution in [0, 0.1) is 0 Å². The highest BCUT2D eigenvalue weighted by atomic mass is 35.5. The molecule has 0 amide bonds. The second-order valence-electron chi connectivity index (χ2n) is 12.0. The second-order valence-corrected chi connectivity index (χ2v) is 13.9. The number of carbonyl (C=O) groups is 1. The molecule has 8 nitrogen and oxygen atoms in total. The molecule has 0 radical (unpaired) electrons. The number of nitrogens with zero attached hydrogens (tertiary/aromatic N) is 3. The van der Waals surface area contributed by atoms with Gasteiger partial charge in [-0.2, -0.15) is 0 Å². The lowest BCUT2D eigenvalue weighted by atomic mass is 9.90. The molecule has 1 saturated heterocycles. The summed E-state index contributed by atoms with van der Waals surface area (Å²) in [6, 6.07) is 17.5. The summed E-state index contributed by atoms with van der Waals surface area (Å²) in [6.07, 6.45) is 3.94. The Bertz CT molecular complexity index is 1490. The average molecular weight is 741 g/mol. The van der Waals surface area contributed by atoms with Crippen LogP contribution in [0.15, 0.2) is 59.5 Å². The Labute approximate surface area is 307 Å². The summed E-state index contributed by atoms with van der Waals surface area (Å²) in [6.45, 7) is 8.97. The average Bonchev–Trinajstić information content (AvgIpc) is 3.08. The number of rotatable bonds is 14. The fraction of sp³-hybridized carbons (Fsp3) is 0.472. The van der Waals surface area contributed by atoms with Gasteiger partial charge in [0.15, 0.2) is 11.5 Å². The minimum atomic E-state index is -0.560. The number of methoxy groups -OCH3 is 3. The summed E-state index contributed by atoms with van der Waals surface area (Å²) in [4.78, 5) is 20.7. The summed E-state index contributed by atoms with van der Waals surface area (Å²) in [5, 5.41) is 0.636. The van der Waals surface area contributed by atoms with E-state index in [2.05, 4.69) is 33.8 Å². The number of halogens is 3. The molecule has 12 heteroatoms. The summed E-state index contributed by atoms with van der Waals surface area (Å²) in [7, 11) is 6.98. The second kappa shape index (κ2) is 18.5. The zero-order valence-electron chi connectivity index (χ0n) is 28.4. The Morgan fingerprint density at radius 1 is 0.854 bits per heavy atom. The van der Waals surface area contributed by atoms with Crippen LogP contribution >= 0.6 is 48.2 Å². The molecule has 0 bridgehead atoms. The molecule has 2 unspecified atom stereocenters. The van der Waals surface area contributed by atoms with Crippen molar-refractivity contribution < 1.29 is 23.7 Å². The van der Waals surface area contributed by atoms with Crippen LogP contribution in [0.2, 0.25) is 5.02 Å². The molecule has 48 heavy (non-hydrogen) atoms. The lowest BCUT2D eigenvalue weighted by Gasteiger charge is -2.46. The van der Waals surface area contributed by atoms with Gasteiger partial charge in [-0.3, -0.25) is 0 Å². The van der Waals surface area contributed by atoms with Gasteiger partial charge in [0.05, 0.1) is 38.4 Å².